The quantitative estimate of drug-likeness (QED) is 0.217. The zero-order chi connectivity index (χ0) is 9.61. The van der Waals surface area contributed by atoms with Crippen molar-refractivity contribution in [1.29, 1.82) is 0 Å². The van der Waals surface area contributed by atoms with Crippen molar-refractivity contribution in [2.24, 2.45) is 0 Å². The van der Waals surface area contributed by atoms with Gasteiger partial charge in [0.1, 0.15) is 0 Å². The Morgan fingerprint density at radius 3 is 2.38 bits per heavy atom. The van der Waals surface area contributed by atoms with Crippen LogP contribution in [-0.2, 0) is 19.6 Å². The Morgan fingerprint density at radius 1 is 1.46 bits per heavy atom. The second kappa shape index (κ2) is 8.34. The van der Waals surface area contributed by atoms with E-state index in [1.807, 2.05) is 0 Å². The van der Waals surface area contributed by atoms with Crippen LogP contribution < -0.4 is 51.4 Å². The summed E-state index contributed by atoms with van der Waals surface area (Å²) in [5, 5.41) is 0. The molecule has 0 aromatic carbocycles. The summed E-state index contributed by atoms with van der Waals surface area (Å²) in [5.74, 6) is -0.873. The minimum atomic E-state index is -4.17. The van der Waals surface area contributed by atoms with E-state index >= 15 is 0 Å². The van der Waals surface area contributed by atoms with E-state index in [0.29, 0.717) is 0 Å². The standard InChI is InChI=1S/C6H12O5S.K/c1-2-6(7)11-4-3-5-12(8,9)10;/h2-5H2,1H3,(H,8,9,10);/q;+1/p-1. The third-order valence-electron chi connectivity index (χ3n) is 1.09. The SMILES string of the molecule is CCC(=O)OCCCS(=O)(=O)[O-].[K+]. The molecular weight excluding hydrogens is 223 g/mol. The average molecular weight is 234 g/mol. The molecule has 0 aliphatic rings. The van der Waals surface area contributed by atoms with Crippen LogP contribution in [0.3, 0.4) is 0 Å². The zero-order valence-electron chi connectivity index (χ0n) is 7.78. The van der Waals surface area contributed by atoms with Crippen LogP contribution in [0.25, 0.3) is 0 Å². The third kappa shape index (κ3) is 13.0. The fourth-order valence-corrected chi connectivity index (χ4v) is 0.995. The van der Waals surface area contributed by atoms with E-state index in [-0.39, 0.29) is 70.8 Å². The first-order chi connectivity index (χ1) is 5.45. The number of hydrogen-bond acceptors (Lipinski definition) is 5. The summed E-state index contributed by atoms with van der Waals surface area (Å²) >= 11 is 0. The molecule has 72 valence electrons. The molecule has 0 aliphatic carbocycles. The maximum Gasteiger partial charge on any atom is 1.00 e. The Balaban J connectivity index is 0. The van der Waals surface area contributed by atoms with Crippen LogP contribution in [0.2, 0.25) is 0 Å². The van der Waals surface area contributed by atoms with Gasteiger partial charge in [0.2, 0.25) is 0 Å². The summed E-state index contributed by atoms with van der Waals surface area (Å²) in [5.41, 5.74) is 0. The van der Waals surface area contributed by atoms with E-state index in [2.05, 4.69) is 4.74 Å². The molecule has 0 N–H and O–H groups in total. The third-order valence-corrected chi connectivity index (χ3v) is 1.88. The molecule has 0 amide bonds. The molecule has 5 nitrogen and oxygen atoms in total. The fraction of sp³-hybridized carbons (Fsp3) is 0.833. The number of hydrogen-bond donors (Lipinski definition) is 0. The molecule has 0 rings (SSSR count). The summed E-state index contributed by atoms with van der Waals surface area (Å²) in [6.45, 7) is 1.63. The van der Waals surface area contributed by atoms with Crippen LogP contribution in [0.15, 0.2) is 0 Å². The monoisotopic (exact) mass is 234 g/mol. The average Bonchev–Trinajstić information content (AvgIpc) is 1.96. The number of esters is 1. The molecule has 13 heavy (non-hydrogen) atoms. The molecule has 0 aromatic rings. The predicted molar refractivity (Wildman–Crippen MR) is 40.4 cm³/mol. The van der Waals surface area contributed by atoms with Gasteiger partial charge in [0.25, 0.3) is 0 Å². The first-order valence-corrected chi connectivity index (χ1v) is 5.12. The summed E-state index contributed by atoms with van der Waals surface area (Å²) < 4.78 is 34.7. The minimum Gasteiger partial charge on any atom is -0.748 e. The van der Waals surface area contributed by atoms with E-state index in [1.165, 1.54) is 0 Å². The van der Waals surface area contributed by atoms with Crippen molar-refractivity contribution in [3.63, 3.8) is 0 Å². The minimum absolute atomic E-state index is 0. The van der Waals surface area contributed by atoms with Crippen molar-refractivity contribution in [3.8, 4) is 0 Å². The topological polar surface area (TPSA) is 83.5 Å². The summed E-state index contributed by atoms with van der Waals surface area (Å²) in [7, 11) is -4.17. The second-order valence-electron chi connectivity index (χ2n) is 2.19. The molecule has 0 fully saturated rings. The zero-order valence-corrected chi connectivity index (χ0v) is 11.7. The molecule has 0 atom stereocenters. The Bertz CT molecular complexity index is 235. The molecule has 0 radical (unpaired) electrons. The number of carbonyl (C=O) groups is 1. The maximum atomic E-state index is 10.5. The number of ether oxygens (including phenoxy) is 1. The van der Waals surface area contributed by atoms with Crippen LogP contribution >= 0.6 is 0 Å². The molecule has 0 heterocycles. The molecule has 0 aromatic heterocycles. The van der Waals surface area contributed by atoms with Gasteiger partial charge < -0.3 is 9.29 Å². The summed E-state index contributed by atoms with van der Waals surface area (Å²) in [4.78, 5) is 10.5. The molecule has 7 heteroatoms. The Morgan fingerprint density at radius 2 is 2.00 bits per heavy atom. The van der Waals surface area contributed by atoms with E-state index in [1.54, 1.807) is 6.92 Å². The first kappa shape index (κ1) is 16.4. The Labute approximate surface area is 120 Å². The van der Waals surface area contributed by atoms with Gasteiger partial charge >= 0.3 is 57.4 Å². The van der Waals surface area contributed by atoms with Crippen LogP contribution in [0.5, 0.6) is 0 Å². The molecule has 0 saturated carbocycles. The van der Waals surface area contributed by atoms with Crippen LogP contribution in [-0.4, -0.2) is 31.3 Å². The van der Waals surface area contributed by atoms with E-state index in [9.17, 15) is 17.8 Å². The van der Waals surface area contributed by atoms with Crippen LogP contribution in [0.1, 0.15) is 19.8 Å². The van der Waals surface area contributed by atoms with E-state index in [0.717, 1.165) is 0 Å². The number of rotatable bonds is 5. The van der Waals surface area contributed by atoms with Gasteiger partial charge in [0, 0.05) is 12.2 Å². The van der Waals surface area contributed by atoms with Crippen molar-refractivity contribution < 1.29 is 73.9 Å². The van der Waals surface area contributed by atoms with Crippen molar-refractivity contribution in [2.75, 3.05) is 12.4 Å². The second-order valence-corrected chi connectivity index (χ2v) is 3.71. The van der Waals surface area contributed by atoms with Gasteiger partial charge in [-0.05, 0) is 6.42 Å². The van der Waals surface area contributed by atoms with Gasteiger partial charge in [-0.15, -0.1) is 0 Å². The van der Waals surface area contributed by atoms with Crippen molar-refractivity contribution >= 4 is 16.1 Å². The Hall–Kier alpha value is 1.02. The molecule has 0 saturated heterocycles. The molecule has 0 bridgehead atoms. The van der Waals surface area contributed by atoms with Gasteiger partial charge in [-0.25, -0.2) is 8.42 Å². The van der Waals surface area contributed by atoms with Crippen LogP contribution in [0.4, 0.5) is 0 Å². The summed E-state index contributed by atoms with van der Waals surface area (Å²) in [6, 6.07) is 0. The normalized spacial score (nSPS) is 10.3. The van der Waals surface area contributed by atoms with Gasteiger partial charge in [0.15, 0.2) is 0 Å². The van der Waals surface area contributed by atoms with Gasteiger partial charge in [-0.2, -0.15) is 0 Å². The van der Waals surface area contributed by atoms with Gasteiger partial charge in [-0.3, -0.25) is 4.79 Å². The molecule has 0 spiro atoms. The van der Waals surface area contributed by atoms with E-state index in [4.69, 9.17) is 0 Å². The Kier molecular flexibility index (Phi) is 10.5. The van der Waals surface area contributed by atoms with E-state index < -0.39 is 21.8 Å². The molecule has 0 unspecified atom stereocenters. The smallest absolute Gasteiger partial charge is 0.748 e. The molecular formula is C6H11KO5S. The van der Waals surface area contributed by atoms with Crippen molar-refractivity contribution in [3.05, 3.63) is 0 Å². The predicted octanol–water partition coefficient (Wildman–Crippen LogP) is -3.12. The largest absolute Gasteiger partial charge is 1.00 e. The van der Waals surface area contributed by atoms with Gasteiger partial charge in [-0.1, -0.05) is 6.92 Å². The fourth-order valence-electron chi connectivity index (χ4n) is 0.524. The molecule has 0 aliphatic heterocycles. The number of carbonyl (C=O) groups excluding carboxylic acids is 1. The summed E-state index contributed by atoms with van der Waals surface area (Å²) in [6.07, 6.45) is 0.321. The first-order valence-electron chi connectivity index (χ1n) is 3.55. The van der Waals surface area contributed by atoms with Crippen LogP contribution in [0, 0.1) is 0 Å². The van der Waals surface area contributed by atoms with Crippen molar-refractivity contribution in [1.82, 2.24) is 0 Å². The van der Waals surface area contributed by atoms with Crippen molar-refractivity contribution in [2.45, 2.75) is 19.8 Å². The maximum absolute atomic E-state index is 10.5. The van der Waals surface area contributed by atoms with Gasteiger partial charge in [0.05, 0.1) is 16.7 Å².